The Kier molecular flexibility index (Phi) is 3.90. The zero-order valence-corrected chi connectivity index (χ0v) is 13.1. The van der Waals surface area contributed by atoms with Crippen LogP contribution in [0.25, 0.3) is 6.08 Å². The number of rotatable bonds is 2. The molecule has 0 amide bonds. The molecule has 0 aliphatic carbocycles. The number of benzene rings is 2. The molecule has 2 aromatic carbocycles. The van der Waals surface area contributed by atoms with Gasteiger partial charge in [-0.2, -0.15) is 0 Å². The summed E-state index contributed by atoms with van der Waals surface area (Å²) in [6, 6.07) is 14.7. The first-order valence-electron chi connectivity index (χ1n) is 6.16. The van der Waals surface area contributed by atoms with E-state index in [0.29, 0.717) is 10.6 Å². The number of carbonyl (C=O) groups is 1. The van der Waals surface area contributed by atoms with Crippen molar-refractivity contribution in [1.29, 1.82) is 0 Å². The van der Waals surface area contributed by atoms with Gasteiger partial charge in [0, 0.05) is 4.47 Å². The zero-order valence-electron chi connectivity index (χ0n) is 10.7. The maximum Gasteiger partial charge on any atom is 0.363 e. The van der Waals surface area contributed by atoms with Crippen molar-refractivity contribution in [1.82, 2.24) is 0 Å². The molecule has 0 fully saturated rings. The summed E-state index contributed by atoms with van der Waals surface area (Å²) in [7, 11) is 0. The molecule has 0 bridgehead atoms. The van der Waals surface area contributed by atoms with Crippen LogP contribution in [0, 0.1) is 0 Å². The van der Waals surface area contributed by atoms with Crippen LogP contribution >= 0.6 is 27.5 Å². The van der Waals surface area contributed by atoms with Gasteiger partial charge in [0.05, 0.1) is 10.6 Å². The molecule has 0 saturated carbocycles. The number of carbonyl (C=O) groups excluding carboxylic acids is 1. The summed E-state index contributed by atoms with van der Waals surface area (Å²) < 4.78 is 6.16. The number of hydrogen-bond donors (Lipinski definition) is 0. The maximum atomic E-state index is 11.9. The number of esters is 1. The Morgan fingerprint density at radius 2 is 1.81 bits per heavy atom. The van der Waals surface area contributed by atoms with Crippen molar-refractivity contribution in [3.8, 4) is 0 Å². The van der Waals surface area contributed by atoms with Gasteiger partial charge < -0.3 is 4.74 Å². The Morgan fingerprint density at radius 3 is 2.52 bits per heavy atom. The van der Waals surface area contributed by atoms with Crippen LogP contribution in [0.3, 0.4) is 0 Å². The standard InChI is InChI=1S/C16H9BrClNO2/c17-11-7-5-10(6-8-11)9-14-16(20)21-15(19-14)12-3-1-2-4-13(12)18/h1-9H/b14-9+. The number of ether oxygens (including phenoxy) is 1. The van der Waals surface area contributed by atoms with E-state index < -0.39 is 5.97 Å². The first-order chi connectivity index (χ1) is 10.1. The maximum absolute atomic E-state index is 11.9. The topological polar surface area (TPSA) is 38.7 Å². The van der Waals surface area contributed by atoms with Crippen LogP contribution in [0.4, 0.5) is 0 Å². The monoisotopic (exact) mass is 361 g/mol. The van der Waals surface area contributed by atoms with E-state index in [-0.39, 0.29) is 11.6 Å². The van der Waals surface area contributed by atoms with Gasteiger partial charge in [0.25, 0.3) is 0 Å². The van der Waals surface area contributed by atoms with Crippen molar-refractivity contribution in [2.45, 2.75) is 0 Å². The van der Waals surface area contributed by atoms with Crippen LogP contribution in [0.2, 0.25) is 5.02 Å². The molecule has 21 heavy (non-hydrogen) atoms. The predicted octanol–water partition coefficient (Wildman–Crippen LogP) is 4.45. The molecule has 1 aliphatic rings. The lowest BCUT2D eigenvalue weighted by atomic mass is 10.2. The van der Waals surface area contributed by atoms with Crippen molar-refractivity contribution in [3.05, 3.63) is 74.9 Å². The molecule has 0 aromatic heterocycles. The van der Waals surface area contributed by atoms with Crippen molar-refractivity contribution in [3.63, 3.8) is 0 Å². The number of hydrogen-bond acceptors (Lipinski definition) is 3. The summed E-state index contributed by atoms with van der Waals surface area (Å²) in [6.45, 7) is 0. The molecule has 1 heterocycles. The van der Waals surface area contributed by atoms with Gasteiger partial charge in [0.2, 0.25) is 5.90 Å². The van der Waals surface area contributed by atoms with Gasteiger partial charge in [-0.25, -0.2) is 9.79 Å². The van der Waals surface area contributed by atoms with Gasteiger partial charge >= 0.3 is 5.97 Å². The third-order valence-electron chi connectivity index (χ3n) is 2.90. The molecule has 0 atom stereocenters. The number of nitrogens with zero attached hydrogens (tertiary/aromatic N) is 1. The quantitative estimate of drug-likeness (QED) is 0.585. The second-order valence-corrected chi connectivity index (χ2v) is 5.69. The first kappa shape index (κ1) is 14.0. The van der Waals surface area contributed by atoms with Gasteiger partial charge in [0.1, 0.15) is 0 Å². The summed E-state index contributed by atoms with van der Waals surface area (Å²) in [5.41, 5.74) is 1.73. The average molecular weight is 363 g/mol. The van der Waals surface area contributed by atoms with Crippen molar-refractivity contribution >= 4 is 45.5 Å². The molecule has 5 heteroatoms. The highest BCUT2D eigenvalue weighted by Crippen LogP contribution is 2.23. The van der Waals surface area contributed by atoms with E-state index in [1.165, 1.54) is 0 Å². The van der Waals surface area contributed by atoms with E-state index >= 15 is 0 Å². The SMILES string of the molecule is O=C1OC(c2ccccc2Cl)=N/C1=C/c1ccc(Br)cc1. The average Bonchev–Trinajstić information content (AvgIpc) is 2.83. The smallest absolute Gasteiger partial charge is 0.363 e. The van der Waals surface area contributed by atoms with E-state index in [9.17, 15) is 4.79 Å². The molecule has 0 saturated heterocycles. The normalized spacial score (nSPS) is 16.0. The van der Waals surface area contributed by atoms with Crippen molar-refractivity contribution in [2.75, 3.05) is 0 Å². The lowest BCUT2D eigenvalue weighted by molar-refractivity contribution is -0.129. The fourth-order valence-electron chi connectivity index (χ4n) is 1.88. The molecule has 104 valence electrons. The van der Waals surface area contributed by atoms with E-state index in [1.807, 2.05) is 36.4 Å². The van der Waals surface area contributed by atoms with E-state index in [0.717, 1.165) is 10.0 Å². The molecule has 3 nitrogen and oxygen atoms in total. The van der Waals surface area contributed by atoms with Gasteiger partial charge in [-0.3, -0.25) is 0 Å². The first-order valence-corrected chi connectivity index (χ1v) is 7.33. The van der Waals surface area contributed by atoms with Gasteiger partial charge in [0.15, 0.2) is 5.70 Å². The van der Waals surface area contributed by atoms with E-state index in [4.69, 9.17) is 16.3 Å². The Balaban J connectivity index is 1.96. The molecule has 1 aliphatic heterocycles. The number of halogens is 2. The fourth-order valence-corrected chi connectivity index (χ4v) is 2.36. The summed E-state index contributed by atoms with van der Waals surface area (Å²) >= 11 is 9.44. The highest BCUT2D eigenvalue weighted by molar-refractivity contribution is 9.10. The minimum absolute atomic E-state index is 0.231. The summed E-state index contributed by atoms with van der Waals surface area (Å²) in [4.78, 5) is 16.1. The Labute approximate surface area is 135 Å². The van der Waals surface area contributed by atoms with Crippen LogP contribution < -0.4 is 0 Å². The highest BCUT2D eigenvalue weighted by Gasteiger charge is 2.25. The molecule has 3 rings (SSSR count). The molecule has 0 spiro atoms. The van der Waals surface area contributed by atoms with Crippen LogP contribution in [0.15, 0.2) is 63.7 Å². The van der Waals surface area contributed by atoms with Crippen LogP contribution in [0.5, 0.6) is 0 Å². The van der Waals surface area contributed by atoms with Crippen LogP contribution in [0.1, 0.15) is 11.1 Å². The Hall–Kier alpha value is -1.91. The van der Waals surface area contributed by atoms with E-state index in [1.54, 1.807) is 18.2 Å². The number of aliphatic imine (C=N–C) groups is 1. The fraction of sp³-hybridized carbons (Fsp3) is 0. The second kappa shape index (κ2) is 5.84. The molecule has 0 N–H and O–H groups in total. The minimum Gasteiger partial charge on any atom is -0.402 e. The number of cyclic esters (lactones) is 1. The predicted molar refractivity (Wildman–Crippen MR) is 86.2 cm³/mol. The van der Waals surface area contributed by atoms with Gasteiger partial charge in [-0.05, 0) is 35.9 Å². The van der Waals surface area contributed by atoms with Gasteiger partial charge in [-0.1, -0.05) is 51.8 Å². The minimum atomic E-state index is -0.479. The Morgan fingerprint density at radius 1 is 1.10 bits per heavy atom. The summed E-state index contributed by atoms with van der Waals surface area (Å²) in [5, 5.41) is 0.494. The molecular formula is C16H9BrClNO2. The lowest BCUT2D eigenvalue weighted by Gasteiger charge is -2.00. The van der Waals surface area contributed by atoms with Crippen LogP contribution in [-0.4, -0.2) is 11.9 Å². The lowest BCUT2D eigenvalue weighted by Crippen LogP contribution is -2.05. The zero-order chi connectivity index (χ0) is 14.8. The van der Waals surface area contributed by atoms with E-state index in [2.05, 4.69) is 20.9 Å². The third kappa shape index (κ3) is 3.06. The highest BCUT2D eigenvalue weighted by atomic mass is 79.9. The molecule has 0 unspecified atom stereocenters. The van der Waals surface area contributed by atoms with Crippen LogP contribution in [-0.2, 0) is 9.53 Å². The molecule has 0 radical (unpaired) electrons. The van der Waals surface area contributed by atoms with Gasteiger partial charge in [-0.15, -0.1) is 0 Å². The molecule has 2 aromatic rings. The Bertz CT molecular complexity index is 766. The summed E-state index contributed by atoms with van der Waals surface area (Å²) in [5.74, 6) is -0.248. The largest absolute Gasteiger partial charge is 0.402 e. The van der Waals surface area contributed by atoms with Crippen molar-refractivity contribution in [2.24, 2.45) is 4.99 Å². The summed E-state index contributed by atoms with van der Waals surface area (Å²) in [6.07, 6.45) is 1.68. The molecular weight excluding hydrogens is 354 g/mol. The second-order valence-electron chi connectivity index (χ2n) is 4.37. The van der Waals surface area contributed by atoms with Crippen molar-refractivity contribution < 1.29 is 9.53 Å². The third-order valence-corrected chi connectivity index (χ3v) is 3.76.